The lowest BCUT2D eigenvalue weighted by molar-refractivity contribution is -0.136. The molecule has 5 heteroatoms. The smallest absolute Gasteiger partial charge is 0.278 e. The SMILES string of the molecule is FC(F)(F)c1ccccc1NN=C1CCCCCCC1. The van der Waals surface area contributed by atoms with Gasteiger partial charge in [0.1, 0.15) is 0 Å². The van der Waals surface area contributed by atoms with Crippen LogP contribution in [-0.4, -0.2) is 5.71 Å². The quantitative estimate of drug-likeness (QED) is 0.740. The average molecular weight is 284 g/mol. The Morgan fingerprint density at radius 3 is 2.15 bits per heavy atom. The van der Waals surface area contributed by atoms with Crippen LogP contribution in [0.25, 0.3) is 0 Å². The van der Waals surface area contributed by atoms with E-state index in [0.29, 0.717) is 0 Å². The number of halogens is 3. The van der Waals surface area contributed by atoms with Crippen molar-refractivity contribution in [2.24, 2.45) is 5.10 Å². The Labute approximate surface area is 117 Å². The van der Waals surface area contributed by atoms with E-state index in [4.69, 9.17) is 0 Å². The number of rotatable bonds is 2. The number of para-hydroxylation sites is 1. The van der Waals surface area contributed by atoms with Gasteiger partial charge in [-0.2, -0.15) is 18.3 Å². The van der Waals surface area contributed by atoms with Crippen molar-refractivity contribution in [1.82, 2.24) is 0 Å². The summed E-state index contributed by atoms with van der Waals surface area (Å²) in [6, 6.07) is 5.45. The van der Waals surface area contributed by atoms with Gasteiger partial charge in [0.25, 0.3) is 0 Å². The summed E-state index contributed by atoms with van der Waals surface area (Å²) in [6.07, 6.45) is 3.14. The summed E-state index contributed by atoms with van der Waals surface area (Å²) in [5.74, 6) is 0. The first-order valence-corrected chi connectivity index (χ1v) is 7.05. The zero-order valence-corrected chi connectivity index (χ0v) is 11.3. The topological polar surface area (TPSA) is 24.4 Å². The molecule has 0 bridgehead atoms. The number of nitrogens with one attached hydrogen (secondary N) is 1. The minimum absolute atomic E-state index is 0.0227. The lowest BCUT2D eigenvalue weighted by atomic mass is 9.99. The molecule has 0 spiro atoms. The van der Waals surface area contributed by atoms with Crippen molar-refractivity contribution in [1.29, 1.82) is 0 Å². The van der Waals surface area contributed by atoms with Crippen LogP contribution in [0.15, 0.2) is 29.4 Å². The predicted molar refractivity (Wildman–Crippen MR) is 74.8 cm³/mol. The summed E-state index contributed by atoms with van der Waals surface area (Å²) in [4.78, 5) is 0. The number of hydrogen-bond acceptors (Lipinski definition) is 2. The molecule has 1 aliphatic rings. The molecule has 20 heavy (non-hydrogen) atoms. The molecule has 1 aliphatic carbocycles. The second-order valence-corrected chi connectivity index (χ2v) is 5.10. The van der Waals surface area contributed by atoms with Gasteiger partial charge in [-0.25, -0.2) is 0 Å². The van der Waals surface area contributed by atoms with Crippen molar-refractivity contribution in [3.63, 3.8) is 0 Å². The number of nitrogens with zero attached hydrogens (tertiary/aromatic N) is 1. The van der Waals surface area contributed by atoms with Crippen molar-refractivity contribution in [3.05, 3.63) is 29.8 Å². The van der Waals surface area contributed by atoms with Crippen molar-refractivity contribution in [3.8, 4) is 0 Å². The van der Waals surface area contributed by atoms with Crippen LogP contribution in [-0.2, 0) is 6.18 Å². The highest BCUT2D eigenvalue weighted by Crippen LogP contribution is 2.34. The maximum Gasteiger partial charge on any atom is 0.418 e. The summed E-state index contributed by atoms with van der Waals surface area (Å²) in [6.45, 7) is 0. The Morgan fingerprint density at radius 1 is 0.900 bits per heavy atom. The van der Waals surface area contributed by atoms with Gasteiger partial charge in [0.05, 0.1) is 11.3 Å². The molecule has 110 valence electrons. The summed E-state index contributed by atoms with van der Waals surface area (Å²) >= 11 is 0. The standard InChI is InChI=1S/C15H19F3N2/c16-15(17,18)13-10-6-7-11-14(13)20-19-12-8-4-2-1-3-5-9-12/h6-7,10-11,20H,1-5,8-9H2. The van der Waals surface area contributed by atoms with E-state index in [1.807, 2.05) is 0 Å². The molecule has 1 fully saturated rings. The molecule has 0 atom stereocenters. The van der Waals surface area contributed by atoms with E-state index in [0.717, 1.165) is 37.5 Å². The van der Waals surface area contributed by atoms with Crippen molar-refractivity contribution in [2.45, 2.75) is 51.1 Å². The second kappa shape index (κ2) is 6.77. The third kappa shape index (κ3) is 4.25. The van der Waals surface area contributed by atoms with Crippen LogP contribution < -0.4 is 5.43 Å². The van der Waals surface area contributed by atoms with Crippen LogP contribution in [0, 0.1) is 0 Å². The zero-order chi connectivity index (χ0) is 14.4. The second-order valence-electron chi connectivity index (χ2n) is 5.10. The fourth-order valence-corrected chi connectivity index (χ4v) is 2.39. The van der Waals surface area contributed by atoms with Gasteiger partial charge in [-0.05, 0) is 37.8 Å². The molecule has 0 saturated heterocycles. The molecule has 1 aromatic carbocycles. The van der Waals surface area contributed by atoms with Gasteiger partial charge in [-0.15, -0.1) is 0 Å². The summed E-state index contributed by atoms with van der Waals surface area (Å²) < 4.78 is 38.5. The lowest BCUT2D eigenvalue weighted by Gasteiger charge is -2.14. The van der Waals surface area contributed by atoms with Crippen molar-refractivity contribution >= 4 is 11.4 Å². The Balaban J connectivity index is 2.09. The van der Waals surface area contributed by atoms with Gasteiger partial charge in [-0.3, -0.25) is 5.43 Å². The lowest BCUT2D eigenvalue weighted by Crippen LogP contribution is -2.10. The van der Waals surface area contributed by atoms with Crippen LogP contribution in [0.1, 0.15) is 50.5 Å². The maximum atomic E-state index is 12.8. The monoisotopic (exact) mass is 284 g/mol. The Hall–Kier alpha value is -1.52. The van der Waals surface area contributed by atoms with Gasteiger partial charge in [-0.1, -0.05) is 31.4 Å². The van der Waals surface area contributed by atoms with Crippen LogP contribution in [0.3, 0.4) is 0 Å². The highest BCUT2D eigenvalue weighted by atomic mass is 19.4. The molecule has 2 nitrogen and oxygen atoms in total. The normalized spacial score (nSPS) is 17.2. The van der Waals surface area contributed by atoms with Gasteiger partial charge in [0, 0.05) is 5.71 Å². The van der Waals surface area contributed by atoms with E-state index in [-0.39, 0.29) is 5.69 Å². The third-order valence-corrected chi connectivity index (χ3v) is 3.50. The summed E-state index contributed by atoms with van der Waals surface area (Å²) in [5, 5.41) is 4.20. The van der Waals surface area contributed by atoms with Crippen molar-refractivity contribution < 1.29 is 13.2 Å². The molecule has 0 amide bonds. The van der Waals surface area contributed by atoms with Gasteiger partial charge in [0.15, 0.2) is 0 Å². The van der Waals surface area contributed by atoms with E-state index < -0.39 is 11.7 Å². The van der Waals surface area contributed by atoms with Gasteiger partial charge >= 0.3 is 6.18 Å². The zero-order valence-electron chi connectivity index (χ0n) is 11.3. The predicted octanol–water partition coefficient (Wildman–Crippen LogP) is 5.22. The average Bonchev–Trinajstić information content (AvgIpc) is 2.37. The van der Waals surface area contributed by atoms with E-state index in [1.54, 1.807) is 6.07 Å². The Kier molecular flexibility index (Phi) is 5.04. The first-order valence-electron chi connectivity index (χ1n) is 7.05. The van der Waals surface area contributed by atoms with Crippen LogP contribution in [0.5, 0.6) is 0 Å². The minimum Gasteiger partial charge on any atom is -0.278 e. The van der Waals surface area contributed by atoms with E-state index >= 15 is 0 Å². The fourth-order valence-electron chi connectivity index (χ4n) is 2.39. The third-order valence-electron chi connectivity index (χ3n) is 3.50. The van der Waals surface area contributed by atoms with Crippen LogP contribution in [0.4, 0.5) is 18.9 Å². The molecule has 0 aliphatic heterocycles. The largest absolute Gasteiger partial charge is 0.418 e. The molecule has 1 aromatic rings. The molecule has 1 saturated carbocycles. The Morgan fingerprint density at radius 2 is 1.50 bits per heavy atom. The summed E-state index contributed by atoms with van der Waals surface area (Å²) in [7, 11) is 0. The highest BCUT2D eigenvalue weighted by Gasteiger charge is 2.33. The van der Waals surface area contributed by atoms with E-state index in [9.17, 15) is 13.2 Å². The molecule has 0 unspecified atom stereocenters. The molecule has 0 radical (unpaired) electrons. The number of benzene rings is 1. The molecular formula is C15H19F3N2. The first kappa shape index (κ1) is 14.9. The molecule has 1 N–H and O–H groups in total. The van der Waals surface area contributed by atoms with E-state index in [2.05, 4.69) is 10.5 Å². The summed E-state index contributed by atoms with van der Waals surface area (Å²) in [5.41, 5.74) is 2.93. The maximum absolute atomic E-state index is 12.8. The Bertz CT molecular complexity index is 456. The number of anilines is 1. The number of hydrazone groups is 1. The molecule has 0 heterocycles. The van der Waals surface area contributed by atoms with Gasteiger partial charge in [0.2, 0.25) is 0 Å². The van der Waals surface area contributed by atoms with Gasteiger partial charge < -0.3 is 0 Å². The van der Waals surface area contributed by atoms with Crippen molar-refractivity contribution in [2.75, 3.05) is 5.43 Å². The fraction of sp³-hybridized carbons (Fsp3) is 0.533. The molecule has 2 rings (SSSR count). The minimum atomic E-state index is -4.36. The first-order chi connectivity index (χ1) is 9.57. The van der Waals surface area contributed by atoms with Crippen LogP contribution in [0.2, 0.25) is 0 Å². The highest BCUT2D eigenvalue weighted by molar-refractivity contribution is 5.85. The number of hydrogen-bond donors (Lipinski definition) is 1. The number of alkyl halides is 3. The van der Waals surface area contributed by atoms with Crippen LogP contribution >= 0.6 is 0 Å². The molecule has 0 aromatic heterocycles. The molecular weight excluding hydrogens is 265 g/mol. The van der Waals surface area contributed by atoms with E-state index in [1.165, 1.54) is 31.4 Å².